The van der Waals surface area contributed by atoms with Crippen molar-refractivity contribution in [2.45, 2.75) is 38.6 Å². The molecule has 1 heterocycles. The Morgan fingerprint density at radius 1 is 0.776 bits per heavy atom. The number of carbonyl (C=O) groups excluding carboxylic acids is 3. The average molecular weight is 667 g/mol. The Labute approximate surface area is 282 Å². The van der Waals surface area contributed by atoms with E-state index in [0.717, 1.165) is 33.4 Å². The number of hydrogen-bond donors (Lipinski definition) is 0. The normalized spacial score (nSPS) is 14.6. The lowest BCUT2D eigenvalue weighted by Gasteiger charge is -2.37. The van der Waals surface area contributed by atoms with E-state index < -0.39 is 29.4 Å². The molecule has 4 aromatic carbocycles. The number of nitrogens with zero attached hydrogens (tertiary/aromatic N) is 2. The first-order chi connectivity index (χ1) is 23.8. The van der Waals surface area contributed by atoms with Gasteiger partial charge in [-0.2, -0.15) is 0 Å². The maximum atomic E-state index is 14.0. The second-order valence-corrected chi connectivity index (χ2v) is 11.5. The highest BCUT2D eigenvalue weighted by Crippen LogP contribution is 2.45. The van der Waals surface area contributed by atoms with Gasteiger partial charge < -0.3 is 28.6 Å². The first-order valence-electron chi connectivity index (χ1n) is 16.0. The Morgan fingerprint density at radius 2 is 1.35 bits per heavy atom. The van der Waals surface area contributed by atoms with Crippen LogP contribution in [0.4, 0.5) is 20.1 Å². The highest BCUT2D eigenvalue weighted by atomic mass is 16.7. The highest BCUT2D eigenvalue weighted by molar-refractivity contribution is 5.79. The average Bonchev–Trinajstić information content (AvgIpc) is 3.41. The molecule has 1 aliphatic heterocycles. The smallest absolute Gasteiger partial charge is 0.448 e. The van der Waals surface area contributed by atoms with E-state index in [1.165, 1.54) is 12.1 Å². The predicted octanol–water partition coefficient (Wildman–Crippen LogP) is 7.76. The van der Waals surface area contributed by atoms with Crippen LogP contribution in [0.5, 0.6) is 11.5 Å². The molecule has 1 unspecified atom stereocenters. The zero-order valence-electron chi connectivity index (χ0n) is 27.0. The number of nitro groups is 1. The number of ether oxygens (including phenoxy) is 5. The van der Waals surface area contributed by atoms with E-state index in [4.69, 9.17) is 23.7 Å². The Balaban J connectivity index is 1.33. The van der Waals surface area contributed by atoms with Crippen molar-refractivity contribution in [1.29, 1.82) is 0 Å². The monoisotopic (exact) mass is 666 g/mol. The summed E-state index contributed by atoms with van der Waals surface area (Å²) in [5.41, 5.74) is 6.40. The van der Waals surface area contributed by atoms with Gasteiger partial charge in [0.1, 0.15) is 6.61 Å². The molecule has 0 saturated heterocycles. The van der Waals surface area contributed by atoms with Gasteiger partial charge in [-0.25, -0.2) is 14.4 Å². The summed E-state index contributed by atoms with van der Waals surface area (Å²) in [6, 6.07) is 24.7. The van der Waals surface area contributed by atoms with Crippen LogP contribution >= 0.6 is 0 Å². The second-order valence-electron chi connectivity index (χ2n) is 11.5. The molecular weight excluding hydrogens is 632 g/mol. The van der Waals surface area contributed by atoms with Gasteiger partial charge >= 0.3 is 18.4 Å². The second kappa shape index (κ2) is 14.5. The fraction of sp³-hybridized carbons (Fsp3) is 0.270. The van der Waals surface area contributed by atoms with Gasteiger partial charge in [0.25, 0.3) is 5.69 Å². The number of carbonyl (C=O) groups is 3. The van der Waals surface area contributed by atoms with Crippen molar-refractivity contribution >= 4 is 24.1 Å². The summed E-state index contributed by atoms with van der Waals surface area (Å²) in [5, 5.41) is 11.3. The van der Waals surface area contributed by atoms with Gasteiger partial charge in [-0.05, 0) is 77.8 Å². The third kappa shape index (κ3) is 7.03. The molecule has 0 aromatic heterocycles. The molecule has 1 aliphatic carbocycles. The summed E-state index contributed by atoms with van der Waals surface area (Å²) in [6.45, 7) is 3.75. The molecule has 0 fully saturated rings. The third-order valence-electron chi connectivity index (χ3n) is 8.62. The van der Waals surface area contributed by atoms with Crippen LogP contribution in [0.3, 0.4) is 0 Å². The Hall–Kier alpha value is -5.91. The predicted molar refractivity (Wildman–Crippen MR) is 177 cm³/mol. The summed E-state index contributed by atoms with van der Waals surface area (Å²) >= 11 is 0. The number of amides is 1. The number of benzene rings is 4. The van der Waals surface area contributed by atoms with E-state index in [1.807, 2.05) is 36.4 Å². The first kappa shape index (κ1) is 33.0. The zero-order valence-corrected chi connectivity index (χ0v) is 27.0. The van der Waals surface area contributed by atoms with Crippen molar-refractivity contribution in [2.24, 2.45) is 0 Å². The summed E-state index contributed by atoms with van der Waals surface area (Å²) in [4.78, 5) is 51.1. The number of rotatable bonds is 9. The van der Waals surface area contributed by atoms with Crippen LogP contribution in [0.1, 0.15) is 53.6 Å². The molecule has 0 bridgehead atoms. The van der Waals surface area contributed by atoms with Crippen molar-refractivity contribution in [2.75, 3.05) is 26.4 Å². The highest BCUT2D eigenvalue weighted by Gasteiger charge is 2.36. The van der Waals surface area contributed by atoms with Crippen LogP contribution in [0, 0.1) is 10.1 Å². The number of hydrogen-bond acceptors (Lipinski definition) is 10. The molecule has 252 valence electrons. The number of nitro benzene ring substituents is 1. The fourth-order valence-corrected chi connectivity index (χ4v) is 6.44. The molecule has 12 nitrogen and oxygen atoms in total. The van der Waals surface area contributed by atoms with E-state index in [9.17, 15) is 24.5 Å². The third-order valence-corrected chi connectivity index (χ3v) is 8.62. The zero-order chi connectivity index (χ0) is 34.5. The molecule has 1 atom stereocenters. The molecule has 49 heavy (non-hydrogen) atoms. The lowest BCUT2D eigenvalue weighted by molar-refractivity contribution is -0.384. The van der Waals surface area contributed by atoms with Gasteiger partial charge in [-0.15, -0.1) is 0 Å². The molecule has 2 aliphatic rings. The fourth-order valence-electron chi connectivity index (χ4n) is 6.44. The van der Waals surface area contributed by atoms with Gasteiger partial charge in [0.05, 0.1) is 24.2 Å². The minimum Gasteiger partial charge on any atom is -0.448 e. The van der Waals surface area contributed by atoms with Gasteiger partial charge in [-0.1, -0.05) is 60.7 Å². The Morgan fingerprint density at radius 3 is 1.92 bits per heavy atom. The Bertz CT molecular complexity index is 1850. The van der Waals surface area contributed by atoms with Crippen molar-refractivity contribution < 1.29 is 43.0 Å². The SMILES string of the molecule is CCOC(=O)Oc1cc2c(cc1OC(=O)OCC)C(Cc1ccc([N+](=O)[O-])cc1)N(C(=O)OCC1c3ccccc3-c3ccccc31)CC2. The Kier molecular flexibility index (Phi) is 9.74. The quantitative estimate of drug-likeness (QED) is 0.0571. The van der Waals surface area contributed by atoms with Gasteiger partial charge in [0, 0.05) is 24.6 Å². The molecule has 0 spiro atoms. The molecule has 12 heteroatoms. The molecule has 1 amide bonds. The standard InChI is InChI=1S/C37H34N2O10/c1-3-45-36(41)48-33-20-24-17-18-38(35(40)47-22-31-28-11-7-5-9-26(28)27-10-6-8-12-29(27)31)32(19-23-13-15-25(16-14-23)39(43)44)30(24)21-34(33)49-37(42)46-4-2/h5-16,20-21,31-32H,3-4,17-19,22H2,1-2H3. The van der Waals surface area contributed by atoms with Crippen molar-refractivity contribution in [3.05, 3.63) is 123 Å². The molecule has 0 radical (unpaired) electrons. The van der Waals surface area contributed by atoms with Crippen LogP contribution in [0.2, 0.25) is 0 Å². The van der Waals surface area contributed by atoms with Crippen molar-refractivity contribution in [1.82, 2.24) is 4.90 Å². The molecule has 0 N–H and O–H groups in total. The maximum Gasteiger partial charge on any atom is 0.513 e. The van der Waals surface area contributed by atoms with Gasteiger partial charge in [0.15, 0.2) is 11.5 Å². The number of non-ortho nitro benzene ring substituents is 1. The maximum absolute atomic E-state index is 14.0. The van der Waals surface area contributed by atoms with Gasteiger partial charge in [-0.3, -0.25) is 10.1 Å². The van der Waals surface area contributed by atoms with E-state index in [-0.39, 0.29) is 55.9 Å². The minimum atomic E-state index is -1.01. The van der Waals surface area contributed by atoms with Crippen LogP contribution in [-0.2, 0) is 27.1 Å². The molecule has 0 saturated carbocycles. The van der Waals surface area contributed by atoms with E-state index in [1.54, 1.807) is 43.0 Å². The van der Waals surface area contributed by atoms with E-state index in [2.05, 4.69) is 12.1 Å². The molecule has 6 rings (SSSR count). The minimum absolute atomic E-state index is 0.0473. The lowest BCUT2D eigenvalue weighted by atomic mass is 9.88. The van der Waals surface area contributed by atoms with Crippen molar-refractivity contribution in [3.63, 3.8) is 0 Å². The van der Waals surface area contributed by atoms with Crippen LogP contribution in [0.25, 0.3) is 11.1 Å². The van der Waals surface area contributed by atoms with Crippen molar-refractivity contribution in [3.8, 4) is 22.6 Å². The van der Waals surface area contributed by atoms with Crippen LogP contribution in [0.15, 0.2) is 84.9 Å². The molecule has 4 aromatic rings. The lowest BCUT2D eigenvalue weighted by Crippen LogP contribution is -2.41. The summed E-state index contributed by atoms with van der Waals surface area (Å²) < 4.78 is 26.8. The van der Waals surface area contributed by atoms with E-state index in [0.29, 0.717) is 12.0 Å². The topological polar surface area (TPSA) is 144 Å². The first-order valence-corrected chi connectivity index (χ1v) is 16.0. The van der Waals surface area contributed by atoms with E-state index >= 15 is 0 Å². The molecular formula is C37H34N2O10. The van der Waals surface area contributed by atoms with Crippen LogP contribution < -0.4 is 9.47 Å². The summed E-state index contributed by atoms with van der Waals surface area (Å²) in [7, 11) is 0. The largest absolute Gasteiger partial charge is 0.513 e. The van der Waals surface area contributed by atoms with Crippen LogP contribution in [-0.4, -0.2) is 54.6 Å². The van der Waals surface area contributed by atoms with Gasteiger partial charge in [0.2, 0.25) is 0 Å². The summed E-state index contributed by atoms with van der Waals surface area (Å²) in [5.74, 6) is -0.295. The number of fused-ring (bicyclic) bond motifs is 4. The summed E-state index contributed by atoms with van der Waals surface area (Å²) in [6.07, 6.45) is -1.90.